The molecule has 0 fully saturated rings. The fourth-order valence-electron chi connectivity index (χ4n) is 2.58. The number of carbonyl (C=O) groups is 2. The molecule has 0 unspecified atom stereocenters. The first kappa shape index (κ1) is 15.8. The van der Waals surface area contributed by atoms with E-state index in [1.54, 1.807) is 19.2 Å². The van der Waals surface area contributed by atoms with Crippen molar-refractivity contribution in [2.45, 2.75) is 19.8 Å². The molecule has 0 aliphatic rings. The summed E-state index contributed by atoms with van der Waals surface area (Å²) in [5, 5.41) is 9.66. The van der Waals surface area contributed by atoms with Crippen molar-refractivity contribution in [1.29, 1.82) is 0 Å². The Morgan fingerprint density at radius 3 is 2.32 bits per heavy atom. The van der Waals surface area contributed by atoms with Crippen molar-refractivity contribution in [3.63, 3.8) is 0 Å². The molecule has 22 heavy (non-hydrogen) atoms. The molecule has 1 amide bonds. The van der Waals surface area contributed by atoms with Gasteiger partial charge in [-0.1, -0.05) is 50.2 Å². The lowest BCUT2D eigenvalue weighted by Gasteiger charge is -2.19. The number of carboxylic acids is 1. The van der Waals surface area contributed by atoms with Crippen LogP contribution in [0.5, 0.6) is 0 Å². The van der Waals surface area contributed by atoms with Crippen LogP contribution in [0.2, 0.25) is 0 Å². The van der Waals surface area contributed by atoms with E-state index in [-0.39, 0.29) is 5.92 Å². The molecular weight excluding hydrogens is 278 g/mol. The van der Waals surface area contributed by atoms with Gasteiger partial charge in [0, 0.05) is 12.6 Å². The van der Waals surface area contributed by atoms with Gasteiger partial charge in [0.2, 0.25) is 6.41 Å². The second kappa shape index (κ2) is 6.43. The number of carboxylic acid groups (broad SMARTS) is 1. The molecule has 4 nitrogen and oxygen atoms in total. The van der Waals surface area contributed by atoms with Gasteiger partial charge in [-0.15, -0.1) is 0 Å². The lowest BCUT2D eigenvalue weighted by molar-refractivity contribution is -0.107. The quantitative estimate of drug-likeness (QED) is 0.855. The first-order chi connectivity index (χ1) is 10.5. The number of hydrogen-bond acceptors (Lipinski definition) is 2. The van der Waals surface area contributed by atoms with Gasteiger partial charge in [0.1, 0.15) is 0 Å². The maximum atomic E-state index is 11.8. The second-order valence-electron chi connectivity index (χ2n) is 5.46. The van der Waals surface area contributed by atoms with Crippen molar-refractivity contribution >= 4 is 18.1 Å². The summed E-state index contributed by atoms with van der Waals surface area (Å²) in [5.74, 6) is -0.857. The van der Waals surface area contributed by atoms with Gasteiger partial charge in [0.15, 0.2) is 0 Å². The summed E-state index contributed by atoms with van der Waals surface area (Å²) in [6, 6.07) is 12.8. The molecule has 0 radical (unpaired) electrons. The van der Waals surface area contributed by atoms with Crippen LogP contribution in [-0.4, -0.2) is 24.5 Å². The summed E-state index contributed by atoms with van der Waals surface area (Å²) in [6.07, 6.45) is 0.714. The molecule has 2 aromatic rings. The number of rotatable bonds is 5. The number of para-hydroxylation sites is 1. The predicted octanol–water partition coefficient (Wildman–Crippen LogP) is 3.77. The van der Waals surface area contributed by atoms with Crippen LogP contribution in [0.4, 0.5) is 5.69 Å². The number of aromatic carboxylic acids is 1. The monoisotopic (exact) mass is 297 g/mol. The van der Waals surface area contributed by atoms with Crippen LogP contribution in [-0.2, 0) is 4.79 Å². The van der Waals surface area contributed by atoms with E-state index in [1.165, 1.54) is 4.90 Å². The molecule has 0 aromatic heterocycles. The highest BCUT2D eigenvalue weighted by Crippen LogP contribution is 2.35. The van der Waals surface area contributed by atoms with Crippen molar-refractivity contribution in [1.82, 2.24) is 0 Å². The average Bonchev–Trinajstić information content (AvgIpc) is 2.53. The summed E-state index contributed by atoms with van der Waals surface area (Å²) in [7, 11) is 1.65. The number of carbonyl (C=O) groups excluding carboxylic acids is 1. The van der Waals surface area contributed by atoms with Gasteiger partial charge in [0.25, 0.3) is 0 Å². The Hall–Kier alpha value is -2.62. The molecule has 0 saturated carbocycles. The van der Waals surface area contributed by atoms with E-state index in [0.717, 1.165) is 11.1 Å². The van der Waals surface area contributed by atoms with Crippen molar-refractivity contribution in [3.05, 3.63) is 53.6 Å². The third kappa shape index (κ3) is 2.86. The molecule has 0 aliphatic heterocycles. The highest BCUT2D eigenvalue weighted by Gasteiger charge is 2.20. The normalized spacial score (nSPS) is 10.5. The van der Waals surface area contributed by atoms with E-state index in [0.29, 0.717) is 23.2 Å². The second-order valence-corrected chi connectivity index (χ2v) is 5.46. The average molecular weight is 297 g/mol. The predicted molar refractivity (Wildman–Crippen MR) is 87.4 cm³/mol. The number of anilines is 1. The molecule has 0 bridgehead atoms. The molecule has 0 aliphatic carbocycles. The van der Waals surface area contributed by atoms with Crippen LogP contribution in [0, 0.1) is 0 Å². The molecule has 2 aromatic carbocycles. The zero-order valence-electron chi connectivity index (χ0n) is 12.9. The Morgan fingerprint density at radius 1 is 1.09 bits per heavy atom. The lowest BCUT2D eigenvalue weighted by Crippen LogP contribution is -2.15. The number of amides is 1. The van der Waals surface area contributed by atoms with Gasteiger partial charge in [0.05, 0.1) is 11.3 Å². The lowest BCUT2D eigenvalue weighted by atomic mass is 9.89. The van der Waals surface area contributed by atoms with Gasteiger partial charge in [-0.25, -0.2) is 4.79 Å². The van der Waals surface area contributed by atoms with Crippen LogP contribution in [0.1, 0.15) is 35.7 Å². The molecule has 2 rings (SSSR count). The number of benzene rings is 2. The van der Waals surface area contributed by atoms with Crippen molar-refractivity contribution < 1.29 is 14.7 Å². The van der Waals surface area contributed by atoms with E-state index in [4.69, 9.17) is 0 Å². The first-order valence-electron chi connectivity index (χ1n) is 7.11. The van der Waals surface area contributed by atoms with Crippen LogP contribution in [0.3, 0.4) is 0 Å². The summed E-state index contributed by atoms with van der Waals surface area (Å²) in [4.78, 5) is 24.3. The fraction of sp³-hybridized carbons (Fsp3) is 0.222. The Balaban J connectivity index is 2.76. The molecule has 114 valence electrons. The standard InChI is InChI=1S/C18H19NO3/c1-12(2)13-8-6-9-15(17(13)18(21)22)14-7-4-5-10-16(14)19(3)11-20/h4-12H,1-3H3,(H,21,22). The maximum Gasteiger partial charge on any atom is 0.336 e. The van der Waals surface area contributed by atoms with Crippen LogP contribution >= 0.6 is 0 Å². The molecule has 0 heterocycles. The SMILES string of the molecule is CC(C)c1cccc(-c2ccccc2N(C)C=O)c1C(=O)O. The van der Waals surface area contributed by atoms with Crippen LogP contribution < -0.4 is 4.90 Å². The minimum atomic E-state index is -0.956. The Bertz CT molecular complexity index is 707. The van der Waals surface area contributed by atoms with E-state index in [1.807, 2.05) is 44.2 Å². The largest absolute Gasteiger partial charge is 0.478 e. The summed E-state index contributed by atoms with van der Waals surface area (Å²) in [5.41, 5.74) is 3.12. The Labute approximate surface area is 130 Å². The third-order valence-electron chi connectivity index (χ3n) is 3.66. The minimum absolute atomic E-state index is 0.0991. The summed E-state index contributed by atoms with van der Waals surface area (Å²) < 4.78 is 0. The van der Waals surface area contributed by atoms with E-state index < -0.39 is 5.97 Å². The zero-order valence-corrected chi connectivity index (χ0v) is 12.9. The van der Waals surface area contributed by atoms with E-state index >= 15 is 0 Å². The molecule has 0 saturated heterocycles. The smallest absolute Gasteiger partial charge is 0.336 e. The first-order valence-corrected chi connectivity index (χ1v) is 7.11. The maximum absolute atomic E-state index is 11.8. The molecule has 0 atom stereocenters. The van der Waals surface area contributed by atoms with Gasteiger partial charge in [-0.2, -0.15) is 0 Å². The number of hydrogen-bond donors (Lipinski definition) is 1. The van der Waals surface area contributed by atoms with Crippen molar-refractivity contribution in [3.8, 4) is 11.1 Å². The van der Waals surface area contributed by atoms with Crippen molar-refractivity contribution in [2.24, 2.45) is 0 Å². The molecule has 1 N–H and O–H groups in total. The Kier molecular flexibility index (Phi) is 4.61. The highest BCUT2D eigenvalue weighted by atomic mass is 16.4. The molecule has 0 spiro atoms. The Morgan fingerprint density at radius 2 is 1.73 bits per heavy atom. The van der Waals surface area contributed by atoms with Gasteiger partial charge in [-0.3, -0.25) is 4.79 Å². The van der Waals surface area contributed by atoms with E-state index in [9.17, 15) is 14.7 Å². The zero-order chi connectivity index (χ0) is 16.3. The van der Waals surface area contributed by atoms with Gasteiger partial charge >= 0.3 is 5.97 Å². The van der Waals surface area contributed by atoms with Crippen LogP contribution in [0.15, 0.2) is 42.5 Å². The highest BCUT2D eigenvalue weighted by molar-refractivity contribution is 6.00. The topological polar surface area (TPSA) is 57.6 Å². The van der Waals surface area contributed by atoms with Crippen LogP contribution in [0.25, 0.3) is 11.1 Å². The van der Waals surface area contributed by atoms with Crippen molar-refractivity contribution in [2.75, 3.05) is 11.9 Å². The molecular formula is C18H19NO3. The fourth-order valence-corrected chi connectivity index (χ4v) is 2.58. The third-order valence-corrected chi connectivity index (χ3v) is 3.66. The van der Waals surface area contributed by atoms with E-state index in [2.05, 4.69) is 0 Å². The molecule has 4 heteroatoms. The summed E-state index contributed by atoms with van der Waals surface area (Å²) in [6.45, 7) is 3.93. The van der Waals surface area contributed by atoms with Gasteiger partial charge in [-0.05, 0) is 23.1 Å². The number of nitrogens with zero attached hydrogens (tertiary/aromatic N) is 1. The minimum Gasteiger partial charge on any atom is -0.478 e. The van der Waals surface area contributed by atoms with Gasteiger partial charge < -0.3 is 10.0 Å². The summed E-state index contributed by atoms with van der Waals surface area (Å²) >= 11 is 0.